The summed E-state index contributed by atoms with van der Waals surface area (Å²) in [6, 6.07) is 9.94. The summed E-state index contributed by atoms with van der Waals surface area (Å²) in [7, 11) is 1.90. The zero-order valence-electron chi connectivity index (χ0n) is 14.8. The van der Waals surface area contributed by atoms with Crippen LogP contribution < -0.4 is 5.32 Å². The SMILES string of the molecule is CN(CC(=O)Nc1sc2c(c1C#N)CCCCC2)Cc1cccc(Cl)c1. The third-order valence-electron chi connectivity index (χ3n) is 4.54. The molecule has 0 bridgehead atoms. The fourth-order valence-corrected chi connectivity index (χ4v) is 4.83. The highest BCUT2D eigenvalue weighted by atomic mass is 35.5. The summed E-state index contributed by atoms with van der Waals surface area (Å²) in [5.41, 5.74) is 2.88. The van der Waals surface area contributed by atoms with Gasteiger partial charge in [-0.1, -0.05) is 30.2 Å². The number of anilines is 1. The Balaban J connectivity index is 1.64. The van der Waals surface area contributed by atoms with E-state index in [9.17, 15) is 10.1 Å². The number of carbonyl (C=O) groups excluding carboxylic acids is 1. The van der Waals surface area contributed by atoms with E-state index in [1.807, 2.05) is 36.2 Å². The van der Waals surface area contributed by atoms with Gasteiger partial charge in [0.2, 0.25) is 5.91 Å². The van der Waals surface area contributed by atoms with Crippen LogP contribution in [0.25, 0.3) is 0 Å². The van der Waals surface area contributed by atoms with E-state index >= 15 is 0 Å². The van der Waals surface area contributed by atoms with Gasteiger partial charge < -0.3 is 5.32 Å². The zero-order valence-corrected chi connectivity index (χ0v) is 16.4. The van der Waals surface area contributed by atoms with Crippen molar-refractivity contribution in [2.75, 3.05) is 18.9 Å². The molecule has 0 fully saturated rings. The average Bonchev–Trinajstić information content (AvgIpc) is 2.74. The first-order chi connectivity index (χ1) is 12.6. The smallest absolute Gasteiger partial charge is 0.239 e. The van der Waals surface area contributed by atoms with Crippen LogP contribution >= 0.6 is 22.9 Å². The van der Waals surface area contributed by atoms with Crippen molar-refractivity contribution in [3.05, 3.63) is 50.9 Å². The Morgan fingerprint density at radius 2 is 2.15 bits per heavy atom. The molecule has 1 aromatic carbocycles. The lowest BCUT2D eigenvalue weighted by Gasteiger charge is -2.16. The quantitative estimate of drug-likeness (QED) is 0.762. The normalized spacial score (nSPS) is 13.8. The molecule has 1 amide bonds. The van der Waals surface area contributed by atoms with Gasteiger partial charge in [0.15, 0.2) is 0 Å². The van der Waals surface area contributed by atoms with E-state index in [0.717, 1.165) is 36.8 Å². The highest BCUT2D eigenvalue weighted by Gasteiger charge is 2.21. The summed E-state index contributed by atoms with van der Waals surface area (Å²) in [6.45, 7) is 0.903. The van der Waals surface area contributed by atoms with Crippen LogP contribution in [0, 0.1) is 11.3 Å². The van der Waals surface area contributed by atoms with Gasteiger partial charge in [-0.05, 0) is 56.0 Å². The van der Waals surface area contributed by atoms with E-state index in [1.54, 1.807) is 11.3 Å². The van der Waals surface area contributed by atoms with Crippen molar-refractivity contribution in [1.82, 2.24) is 4.90 Å². The van der Waals surface area contributed by atoms with Crippen molar-refractivity contribution < 1.29 is 4.79 Å². The number of thiophene rings is 1. The molecule has 6 heteroatoms. The molecular weight excluding hydrogens is 366 g/mol. The van der Waals surface area contributed by atoms with Crippen molar-refractivity contribution in [3.63, 3.8) is 0 Å². The number of likely N-dealkylation sites (N-methyl/N-ethyl adjacent to an activating group) is 1. The number of benzene rings is 1. The molecule has 2 aromatic rings. The number of hydrogen-bond acceptors (Lipinski definition) is 4. The van der Waals surface area contributed by atoms with Crippen molar-refractivity contribution in [3.8, 4) is 6.07 Å². The van der Waals surface area contributed by atoms with Gasteiger partial charge in [-0.15, -0.1) is 11.3 Å². The van der Waals surface area contributed by atoms with Crippen molar-refractivity contribution in [2.24, 2.45) is 0 Å². The Morgan fingerprint density at radius 1 is 1.35 bits per heavy atom. The van der Waals surface area contributed by atoms with Crippen LogP contribution in [0.2, 0.25) is 5.02 Å². The van der Waals surface area contributed by atoms with Crippen molar-refractivity contribution in [2.45, 2.75) is 38.6 Å². The molecule has 1 aromatic heterocycles. The van der Waals surface area contributed by atoms with E-state index in [-0.39, 0.29) is 12.5 Å². The summed E-state index contributed by atoms with van der Waals surface area (Å²) in [4.78, 5) is 15.6. The minimum Gasteiger partial charge on any atom is -0.315 e. The second kappa shape index (κ2) is 8.68. The van der Waals surface area contributed by atoms with E-state index < -0.39 is 0 Å². The number of aryl methyl sites for hydroxylation is 1. The highest BCUT2D eigenvalue weighted by molar-refractivity contribution is 7.16. The Bertz CT molecular complexity index is 840. The van der Waals surface area contributed by atoms with Gasteiger partial charge in [0.05, 0.1) is 12.1 Å². The first kappa shape index (κ1) is 18.9. The molecule has 0 radical (unpaired) electrons. The van der Waals surface area contributed by atoms with E-state index in [4.69, 9.17) is 11.6 Å². The predicted molar refractivity (Wildman–Crippen MR) is 107 cm³/mol. The summed E-state index contributed by atoms with van der Waals surface area (Å²) in [6.07, 6.45) is 5.45. The molecule has 0 saturated carbocycles. The highest BCUT2D eigenvalue weighted by Crippen LogP contribution is 2.36. The lowest BCUT2D eigenvalue weighted by molar-refractivity contribution is -0.117. The Labute approximate surface area is 163 Å². The fourth-order valence-electron chi connectivity index (χ4n) is 3.36. The second-order valence-corrected chi connectivity index (χ2v) is 8.27. The van der Waals surface area contributed by atoms with Crippen LogP contribution in [0.3, 0.4) is 0 Å². The molecule has 0 spiro atoms. The number of nitrogens with one attached hydrogen (secondary N) is 1. The first-order valence-corrected chi connectivity index (χ1v) is 10.0. The minimum atomic E-state index is -0.0950. The molecular formula is C20H22ClN3OS. The Morgan fingerprint density at radius 3 is 2.92 bits per heavy atom. The maximum atomic E-state index is 12.4. The largest absolute Gasteiger partial charge is 0.315 e. The number of fused-ring (bicyclic) bond motifs is 1. The summed E-state index contributed by atoms with van der Waals surface area (Å²) in [5.74, 6) is -0.0950. The Kier molecular flexibility index (Phi) is 6.31. The molecule has 1 aliphatic rings. The predicted octanol–water partition coefficient (Wildman–Crippen LogP) is 4.61. The molecule has 4 nitrogen and oxygen atoms in total. The fraction of sp³-hybridized carbons (Fsp3) is 0.400. The average molecular weight is 388 g/mol. The first-order valence-electron chi connectivity index (χ1n) is 8.84. The van der Waals surface area contributed by atoms with Crippen LogP contribution in [0.1, 0.15) is 40.8 Å². The molecule has 0 aliphatic heterocycles. The van der Waals surface area contributed by atoms with Crippen LogP contribution in [0.15, 0.2) is 24.3 Å². The van der Waals surface area contributed by atoms with Gasteiger partial charge >= 0.3 is 0 Å². The number of amides is 1. The molecule has 1 aliphatic carbocycles. The minimum absolute atomic E-state index is 0.0950. The van der Waals surface area contributed by atoms with Crippen LogP contribution in [0.4, 0.5) is 5.00 Å². The number of halogens is 1. The summed E-state index contributed by atoms with van der Waals surface area (Å²) < 4.78 is 0. The molecule has 0 unspecified atom stereocenters. The number of carbonyl (C=O) groups is 1. The van der Waals surface area contributed by atoms with E-state index in [1.165, 1.54) is 11.3 Å². The molecule has 26 heavy (non-hydrogen) atoms. The molecule has 0 atom stereocenters. The lowest BCUT2D eigenvalue weighted by Crippen LogP contribution is -2.29. The van der Waals surface area contributed by atoms with Gasteiger partial charge in [0, 0.05) is 16.4 Å². The zero-order chi connectivity index (χ0) is 18.5. The molecule has 1 N–H and O–H groups in total. The third-order valence-corrected chi connectivity index (χ3v) is 5.98. The topological polar surface area (TPSA) is 56.1 Å². The Hall–Kier alpha value is -1.87. The third kappa shape index (κ3) is 4.64. The second-order valence-electron chi connectivity index (χ2n) is 6.73. The lowest BCUT2D eigenvalue weighted by atomic mass is 10.1. The van der Waals surface area contributed by atoms with Crippen LogP contribution in [0.5, 0.6) is 0 Å². The number of rotatable bonds is 5. The summed E-state index contributed by atoms with van der Waals surface area (Å²) >= 11 is 7.58. The van der Waals surface area contributed by atoms with Gasteiger partial charge in [-0.25, -0.2) is 0 Å². The monoisotopic (exact) mass is 387 g/mol. The van der Waals surface area contributed by atoms with E-state index in [0.29, 0.717) is 22.1 Å². The van der Waals surface area contributed by atoms with Gasteiger partial charge in [0.1, 0.15) is 11.1 Å². The standard InChI is InChI=1S/C20H22ClN3OS/c1-24(12-14-6-5-7-15(21)10-14)13-19(25)23-20-17(11-22)16-8-3-2-4-9-18(16)26-20/h5-7,10H,2-4,8-9,12-13H2,1H3,(H,23,25). The molecule has 3 rings (SSSR count). The summed E-state index contributed by atoms with van der Waals surface area (Å²) in [5, 5.41) is 13.9. The number of nitriles is 1. The van der Waals surface area contributed by atoms with Crippen molar-refractivity contribution in [1.29, 1.82) is 5.26 Å². The molecule has 136 valence electrons. The maximum absolute atomic E-state index is 12.4. The van der Waals surface area contributed by atoms with Crippen LogP contribution in [-0.4, -0.2) is 24.4 Å². The molecule has 1 heterocycles. The number of nitrogens with zero attached hydrogens (tertiary/aromatic N) is 2. The molecule has 0 saturated heterocycles. The van der Waals surface area contributed by atoms with Gasteiger partial charge in [0.25, 0.3) is 0 Å². The van der Waals surface area contributed by atoms with E-state index in [2.05, 4.69) is 11.4 Å². The van der Waals surface area contributed by atoms with Crippen LogP contribution in [-0.2, 0) is 24.2 Å². The van der Waals surface area contributed by atoms with Gasteiger partial charge in [-0.3, -0.25) is 9.69 Å². The maximum Gasteiger partial charge on any atom is 0.239 e. The van der Waals surface area contributed by atoms with Crippen molar-refractivity contribution >= 4 is 33.8 Å². The van der Waals surface area contributed by atoms with Gasteiger partial charge in [-0.2, -0.15) is 5.26 Å². The number of hydrogen-bond donors (Lipinski definition) is 1.